The van der Waals surface area contributed by atoms with Gasteiger partial charge < -0.3 is 14.2 Å². The number of benzene rings is 1. The lowest BCUT2D eigenvalue weighted by Gasteiger charge is -2.17. The first-order valence-electron chi connectivity index (χ1n) is 5.56. The van der Waals surface area contributed by atoms with E-state index >= 15 is 0 Å². The van der Waals surface area contributed by atoms with Crippen LogP contribution in [0.4, 0.5) is 0 Å². The molecule has 0 N–H and O–H groups in total. The zero-order valence-electron chi connectivity index (χ0n) is 10.8. The Labute approximate surface area is 108 Å². The first-order chi connectivity index (χ1) is 8.17. The Morgan fingerprint density at radius 1 is 1.06 bits per heavy atom. The fourth-order valence-electron chi connectivity index (χ4n) is 1.76. The van der Waals surface area contributed by atoms with E-state index in [4.69, 9.17) is 14.2 Å². The van der Waals surface area contributed by atoms with Gasteiger partial charge in [-0.2, -0.15) is 12.6 Å². The van der Waals surface area contributed by atoms with Crippen LogP contribution in [0.5, 0.6) is 17.2 Å². The lowest BCUT2D eigenvalue weighted by Crippen LogP contribution is -2.05. The number of ether oxygens (including phenoxy) is 3. The molecule has 0 heterocycles. The zero-order valence-corrected chi connectivity index (χ0v) is 11.7. The minimum Gasteiger partial charge on any atom is -0.493 e. The van der Waals surface area contributed by atoms with Gasteiger partial charge in [-0.1, -0.05) is 13.0 Å². The van der Waals surface area contributed by atoms with Crippen molar-refractivity contribution in [3.63, 3.8) is 0 Å². The first kappa shape index (κ1) is 14.0. The predicted molar refractivity (Wildman–Crippen MR) is 72.8 cm³/mol. The van der Waals surface area contributed by atoms with Crippen LogP contribution in [0.2, 0.25) is 0 Å². The van der Waals surface area contributed by atoms with E-state index in [1.54, 1.807) is 21.3 Å². The van der Waals surface area contributed by atoms with Crippen LogP contribution in [-0.4, -0.2) is 27.1 Å². The molecule has 96 valence electrons. The molecular formula is C13H20O3S. The van der Waals surface area contributed by atoms with E-state index < -0.39 is 0 Å². The number of hydrogen-bond acceptors (Lipinski definition) is 4. The number of hydrogen-bond donors (Lipinski definition) is 1. The first-order valence-corrected chi connectivity index (χ1v) is 6.19. The van der Waals surface area contributed by atoms with Gasteiger partial charge in [0.25, 0.3) is 0 Å². The molecule has 3 nitrogen and oxygen atoms in total. The van der Waals surface area contributed by atoms with E-state index in [2.05, 4.69) is 19.6 Å². The maximum atomic E-state index is 5.43. The minimum absolute atomic E-state index is 0.491. The molecule has 0 aliphatic carbocycles. The Morgan fingerprint density at radius 2 is 1.71 bits per heavy atom. The summed E-state index contributed by atoms with van der Waals surface area (Å²) in [6, 6.07) is 3.92. The summed E-state index contributed by atoms with van der Waals surface area (Å²) < 4.78 is 16.0. The summed E-state index contributed by atoms with van der Waals surface area (Å²) in [5.74, 6) is 3.42. The van der Waals surface area contributed by atoms with Crippen molar-refractivity contribution in [3.05, 3.63) is 17.7 Å². The lowest BCUT2D eigenvalue weighted by molar-refractivity contribution is 0.321. The van der Waals surface area contributed by atoms with Gasteiger partial charge in [0.1, 0.15) is 0 Å². The maximum absolute atomic E-state index is 5.43. The largest absolute Gasteiger partial charge is 0.493 e. The zero-order chi connectivity index (χ0) is 12.8. The molecule has 1 aromatic carbocycles. The third kappa shape index (κ3) is 3.22. The van der Waals surface area contributed by atoms with Gasteiger partial charge in [0.05, 0.1) is 21.3 Å². The number of rotatable bonds is 6. The highest BCUT2D eigenvalue weighted by Gasteiger charge is 2.16. The fraction of sp³-hybridized carbons (Fsp3) is 0.538. The van der Waals surface area contributed by atoms with Crippen LogP contribution in [0.15, 0.2) is 12.1 Å². The second-order valence-electron chi connectivity index (χ2n) is 3.99. The molecule has 0 saturated carbocycles. The number of methoxy groups -OCH3 is 3. The lowest BCUT2D eigenvalue weighted by atomic mass is 10.0. The van der Waals surface area contributed by atoms with Crippen molar-refractivity contribution in [2.24, 2.45) is 5.92 Å². The predicted octanol–water partition coefficient (Wildman–Crippen LogP) is 2.82. The van der Waals surface area contributed by atoms with Gasteiger partial charge in [0, 0.05) is 0 Å². The molecule has 1 aromatic rings. The normalized spacial score (nSPS) is 12.1. The van der Waals surface area contributed by atoms with Crippen LogP contribution in [0.3, 0.4) is 0 Å². The average Bonchev–Trinajstić information content (AvgIpc) is 2.37. The molecule has 1 rings (SSSR count). The monoisotopic (exact) mass is 256 g/mol. The standard InChI is InChI=1S/C13H20O3S/c1-9(8-17)7-10-5-6-11(14-2)13(16-4)12(10)15-3/h5-6,9,17H,7-8H2,1-4H3. The van der Waals surface area contributed by atoms with Crippen LogP contribution in [0.25, 0.3) is 0 Å². The Bertz CT molecular complexity index is 366. The molecule has 0 spiro atoms. The molecule has 0 amide bonds. The van der Waals surface area contributed by atoms with Crippen LogP contribution >= 0.6 is 12.6 Å². The second-order valence-corrected chi connectivity index (χ2v) is 4.35. The molecule has 0 aliphatic heterocycles. The topological polar surface area (TPSA) is 27.7 Å². The van der Waals surface area contributed by atoms with E-state index in [-0.39, 0.29) is 0 Å². The van der Waals surface area contributed by atoms with E-state index in [0.29, 0.717) is 17.4 Å². The summed E-state index contributed by atoms with van der Waals surface area (Å²) in [7, 11) is 4.88. The van der Waals surface area contributed by atoms with Crippen molar-refractivity contribution in [2.75, 3.05) is 27.1 Å². The van der Waals surface area contributed by atoms with Gasteiger partial charge in [-0.25, -0.2) is 0 Å². The van der Waals surface area contributed by atoms with Crippen molar-refractivity contribution in [3.8, 4) is 17.2 Å². The summed E-state index contributed by atoms with van der Waals surface area (Å²) in [5.41, 5.74) is 1.12. The molecule has 1 unspecified atom stereocenters. The Balaban J connectivity index is 3.14. The van der Waals surface area contributed by atoms with E-state index in [9.17, 15) is 0 Å². The van der Waals surface area contributed by atoms with Crippen LogP contribution in [-0.2, 0) is 6.42 Å². The molecule has 0 radical (unpaired) electrons. The third-order valence-electron chi connectivity index (χ3n) is 2.67. The Morgan fingerprint density at radius 3 is 2.18 bits per heavy atom. The highest BCUT2D eigenvalue weighted by atomic mass is 32.1. The molecular weight excluding hydrogens is 236 g/mol. The Hall–Kier alpha value is -1.03. The Kier molecular flexibility index (Phi) is 5.48. The fourth-order valence-corrected chi connectivity index (χ4v) is 1.89. The summed E-state index contributed by atoms with van der Waals surface area (Å²) in [6.07, 6.45) is 0.910. The summed E-state index contributed by atoms with van der Waals surface area (Å²) >= 11 is 4.30. The quantitative estimate of drug-likeness (QED) is 0.793. The second kappa shape index (κ2) is 6.64. The maximum Gasteiger partial charge on any atom is 0.203 e. The molecule has 0 fully saturated rings. The summed E-state index contributed by atoms with van der Waals surface area (Å²) in [5, 5.41) is 0. The third-order valence-corrected chi connectivity index (χ3v) is 3.29. The molecule has 4 heteroatoms. The highest BCUT2D eigenvalue weighted by Crippen LogP contribution is 2.40. The van der Waals surface area contributed by atoms with Crippen LogP contribution < -0.4 is 14.2 Å². The average molecular weight is 256 g/mol. The molecule has 0 saturated heterocycles. The van der Waals surface area contributed by atoms with Crippen molar-refractivity contribution < 1.29 is 14.2 Å². The van der Waals surface area contributed by atoms with Crippen LogP contribution in [0.1, 0.15) is 12.5 Å². The van der Waals surface area contributed by atoms with E-state index in [0.717, 1.165) is 23.5 Å². The minimum atomic E-state index is 0.491. The smallest absolute Gasteiger partial charge is 0.203 e. The SMILES string of the molecule is COc1ccc(CC(C)CS)c(OC)c1OC. The molecule has 17 heavy (non-hydrogen) atoms. The van der Waals surface area contributed by atoms with Crippen molar-refractivity contribution >= 4 is 12.6 Å². The number of thiol groups is 1. The van der Waals surface area contributed by atoms with Crippen LogP contribution in [0, 0.1) is 5.92 Å². The van der Waals surface area contributed by atoms with Crippen molar-refractivity contribution in [1.29, 1.82) is 0 Å². The van der Waals surface area contributed by atoms with Gasteiger partial charge >= 0.3 is 0 Å². The molecule has 0 bridgehead atoms. The van der Waals surface area contributed by atoms with Gasteiger partial charge in [0.2, 0.25) is 5.75 Å². The van der Waals surface area contributed by atoms with E-state index in [1.165, 1.54) is 0 Å². The van der Waals surface area contributed by atoms with E-state index in [1.807, 2.05) is 12.1 Å². The highest BCUT2D eigenvalue weighted by molar-refractivity contribution is 7.80. The van der Waals surface area contributed by atoms with Gasteiger partial charge in [-0.05, 0) is 29.7 Å². The molecule has 0 aromatic heterocycles. The molecule has 0 aliphatic rings. The molecule has 1 atom stereocenters. The summed E-state index contributed by atoms with van der Waals surface area (Å²) in [6.45, 7) is 2.16. The van der Waals surface area contributed by atoms with Gasteiger partial charge in [-0.15, -0.1) is 0 Å². The van der Waals surface area contributed by atoms with Gasteiger partial charge in [0.15, 0.2) is 11.5 Å². The van der Waals surface area contributed by atoms with Gasteiger partial charge in [-0.3, -0.25) is 0 Å². The van der Waals surface area contributed by atoms with Crippen molar-refractivity contribution in [2.45, 2.75) is 13.3 Å². The van der Waals surface area contributed by atoms with Crippen molar-refractivity contribution in [1.82, 2.24) is 0 Å². The summed E-state index contributed by atoms with van der Waals surface area (Å²) in [4.78, 5) is 0.